The van der Waals surface area contributed by atoms with Crippen molar-refractivity contribution in [1.29, 1.82) is 0 Å². The number of hydrogen-bond acceptors (Lipinski definition) is 5. The van der Waals surface area contributed by atoms with Crippen molar-refractivity contribution in [1.82, 2.24) is 25.1 Å². The molecule has 0 bridgehead atoms. The number of aromatic amines is 1. The number of pyridine rings is 1. The van der Waals surface area contributed by atoms with Crippen molar-refractivity contribution < 1.29 is 9.90 Å². The van der Waals surface area contributed by atoms with Gasteiger partial charge in [-0.3, -0.25) is 14.5 Å². The van der Waals surface area contributed by atoms with Gasteiger partial charge in [0.2, 0.25) is 0 Å². The van der Waals surface area contributed by atoms with Crippen LogP contribution in [0.1, 0.15) is 44.0 Å². The molecule has 0 aliphatic heterocycles. The van der Waals surface area contributed by atoms with Crippen LogP contribution in [0.4, 0.5) is 5.82 Å². The van der Waals surface area contributed by atoms with Gasteiger partial charge >= 0.3 is 0 Å². The summed E-state index contributed by atoms with van der Waals surface area (Å²) in [5, 5.41) is 20.8. The molecule has 31 heavy (non-hydrogen) atoms. The van der Waals surface area contributed by atoms with Crippen molar-refractivity contribution in [3.8, 4) is 11.4 Å². The lowest BCUT2D eigenvalue weighted by molar-refractivity contribution is 0.0953. The Bertz CT molecular complexity index is 1330. The van der Waals surface area contributed by atoms with E-state index in [1.165, 1.54) is 0 Å². The summed E-state index contributed by atoms with van der Waals surface area (Å²) in [4.78, 5) is 18.0. The summed E-state index contributed by atoms with van der Waals surface area (Å²) in [5.74, 6) is 0.144. The normalized spacial score (nSPS) is 11.3. The van der Waals surface area contributed by atoms with Crippen molar-refractivity contribution in [3.63, 3.8) is 0 Å². The summed E-state index contributed by atoms with van der Waals surface area (Å²) in [6, 6.07) is 5.42. The van der Waals surface area contributed by atoms with E-state index < -0.39 is 0 Å². The maximum Gasteiger partial charge on any atom is 0.256 e. The van der Waals surface area contributed by atoms with Gasteiger partial charge in [0.15, 0.2) is 0 Å². The number of amides is 1. The first-order chi connectivity index (χ1) is 14.7. The zero-order chi connectivity index (χ0) is 22.4. The van der Waals surface area contributed by atoms with E-state index in [2.05, 4.69) is 15.5 Å². The van der Waals surface area contributed by atoms with Crippen LogP contribution in [0.25, 0.3) is 16.7 Å². The Labute approximate surface area is 180 Å². The molecule has 0 saturated carbocycles. The maximum atomic E-state index is 13.2. The van der Waals surface area contributed by atoms with Crippen molar-refractivity contribution in [2.75, 3.05) is 5.73 Å². The van der Waals surface area contributed by atoms with Crippen molar-refractivity contribution in [2.45, 2.75) is 41.2 Å². The molecule has 160 valence electrons. The zero-order valence-corrected chi connectivity index (χ0v) is 18.3. The third-order valence-corrected chi connectivity index (χ3v) is 5.84. The summed E-state index contributed by atoms with van der Waals surface area (Å²) < 4.78 is 1.77. The van der Waals surface area contributed by atoms with Crippen LogP contribution in [0.3, 0.4) is 0 Å². The van der Waals surface area contributed by atoms with Crippen LogP contribution in [-0.4, -0.2) is 30.8 Å². The van der Waals surface area contributed by atoms with Crippen molar-refractivity contribution >= 4 is 22.8 Å². The highest BCUT2D eigenvalue weighted by Crippen LogP contribution is 2.36. The smallest absolute Gasteiger partial charge is 0.256 e. The molecule has 0 spiro atoms. The molecule has 3 aromatic heterocycles. The number of hydrogen-bond donors (Lipinski definition) is 4. The topological polar surface area (TPSA) is 122 Å². The monoisotopic (exact) mass is 418 g/mol. The summed E-state index contributed by atoms with van der Waals surface area (Å²) >= 11 is 0. The molecule has 5 N–H and O–H groups in total. The molecule has 1 amide bonds. The quantitative estimate of drug-likeness (QED) is 0.404. The van der Waals surface area contributed by atoms with Gasteiger partial charge in [-0.05, 0) is 63.4 Å². The Hall–Kier alpha value is -3.81. The van der Waals surface area contributed by atoms with Crippen LogP contribution in [0.5, 0.6) is 5.75 Å². The summed E-state index contributed by atoms with van der Waals surface area (Å²) in [6.07, 6.45) is 1.71. The number of anilines is 1. The Morgan fingerprint density at radius 1 is 1.16 bits per heavy atom. The largest absolute Gasteiger partial charge is 0.508 e. The van der Waals surface area contributed by atoms with E-state index in [0.29, 0.717) is 28.7 Å². The van der Waals surface area contributed by atoms with Gasteiger partial charge in [0.25, 0.3) is 5.91 Å². The van der Waals surface area contributed by atoms with Gasteiger partial charge in [0.1, 0.15) is 17.2 Å². The van der Waals surface area contributed by atoms with Gasteiger partial charge in [-0.25, -0.2) is 4.98 Å². The number of benzene rings is 1. The van der Waals surface area contributed by atoms with Gasteiger partial charge < -0.3 is 16.2 Å². The highest BCUT2D eigenvalue weighted by molar-refractivity contribution is 6.11. The van der Waals surface area contributed by atoms with Gasteiger partial charge in [-0.1, -0.05) is 6.07 Å². The number of nitrogens with two attached hydrogens (primary N) is 1. The SMILES string of the molecule is Cc1cc2c(C(=O)NCc3[nH]ncc3C)c(N)n(-c3c(C)ccc(O)c3C)c2nc1C. The van der Waals surface area contributed by atoms with E-state index >= 15 is 0 Å². The number of carbonyl (C=O) groups is 1. The molecule has 0 saturated heterocycles. The summed E-state index contributed by atoms with van der Waals surface area (Å²) in [5.41, 5.74) is 13.5. The summed E-state index contributed by atoms with van der Waals surface area (Å²) in [7, 11) is 0. The Morgan fingerprint density at radius 2 is 1.90 bits per heavy atom. The van der Waals surface area contributed by atoms with Crippen LogP contribution >= 0.6 is 0 Å². The average molecular weight is 419 g/mol. The number of aryl methyl sites for hydroxylation is 4. The predicted molar refractivity (Wildman–Crippen MR) is 121 cm³/mol. The van der Waals surface area contributed by atoms with Crippen LogP contribution in [-0.2, 0) is 6.54 Å². The van der Waals surface area contributed by atoms with E-state index in [4.69, 9.17) is 10.7 Å². The van der Waals surface area contributed by atoms with Crippen molar-refractivity contribution in [3.05, 3.63) is 63.6 Å². The highest BCUT2D eigenvalue weighted by atomic mass is 16.3. The second-order valence-electron chi connectivity index (χ2n) is 7.95. The molecule has 0 radical (unpaired) electrons. The number of carbonyl (C=O) groups excluding carboxylic acids is 1. The Morgan fingerprint density at radius 3 is 2.58 bits per heavy atom. The second kappa shape index (κ2) is 7.46. The predicted octanol–water partition coefficient (Wildman–Crippen LogP) is 3.51. The van der Waals surface area contributed by atoms with Gasteiger partial charge in [-0.2, -0.15) is 5.10 Å². The third-order valence-electron chi connectivity index (χ3n) is 5.84. The Balaban J connectivity index is 1.92. The second-order valence-corrected chi connectivity index (χ2v) is 7.95. The number of nitrogen functional groups attached to an aromatic ring is 1. The Kier molecular flexibility index (Phi) is 4.93. The lowest BCUT2D eigenvalue weighted by atomic mass is 10.1. The van der Waals surface area contributed by atoms with E-state index in [9.17, 15) is 9.90 Å². The van der Waals surface area contributed by atoms with Crippen LogP contribution in [0, 0.1) is 34.6 Å². The summed E-state index contributed by atoms with van der Waals surface area (Å²) in [6.45, 7) is 9.87. The maximum absolute atomic E-state index is 13.2. The lowest BCUT2D eigenvalue weighted by Crippen LogP contribution is -2.24. The number of phenolic OH excluding ortho intramolecular Hbond substituents is 1. The minimum Gasteiger partial charge on any atom is -0.508 e. The molecular weight excluding hydrogens is 392 g/mol. The number of aromatic nitrogens is 4. The molecule has 8 nitrogen and oxygen atoms in total. The molecule has 0 atom stereocenters. The van der Waals surface area contributed by atoms with Gasteiger partial charge in [0, 0.05) is 16.6 Å². The number of nitrogens with zero attached hydrogens (tertiary/aromatic N) is 3. The number of fused-ring (bicyclic) bond motifs is 1. The molecular formula is C23H26N6O2. The zero-order valence-electron chi connectivity index (χ0n) is 18.3. The minimum atomic E-state index is -0.296. The number of aromatic hydroxyl groups is 1. The fourth-order valence-electron chi connectivity index (χ4n) is 3.85. The molecule has 8 heteroatoms. The molecule has 1 aromatic carbocycles. The molecule has 3 heterocycles. The number of phenols is 1. The van der Waals surface area contributed by atoms with Gasteiger partial charge in [0.05, 0.1) is 29.7 Å². The lowest BCUT2D eigenvalue weighted by Gasteiger charge is -2.15. The molecule has 0 unspecified atom stereocenters. The van der Waals surface area contributed by atoms with E-state index in [1.54, 1.807) is 16.8 Å². The first-order valence-electron chi connectivity index (χ1n) is 10.1. The third kappa shape index (κ3) is 3.30. The van der Waals surface area contributed by atoms with Crippen LogP contribution < -0.4 is 11.1 Å². The minimum absolute atomic E-state index is 0.159. The molecule has 4 rings (SSSR count). The highest BCUT2D eigenvalue weighted by Gasteiger charge is 2.25. The fourth-order valence-corrected chi connectivity index (χ4v) is 3.85. The number of rotatable bonds is 4. The first-order valence-corrected chi connectivity index (χ1v) is 10.1. The van der Waals surface area contributed by atoms with Crippen LogP contribution in [0.2, 0.25) is 0 Å². The van der Waals surface area contributed by atoms with E-state index in [-0.39, 0.29) is 17.5 Å². The van der Waals surface area contributed by atoms with Crippen molar-refractivity contribution in [2.24, 2.45) is 0 Å². The van der Waals surface area contributed by atoms with E-state index in [1.807, 2.05) is 46.8 Å². The van der Waals surface area contributed by atoms with E-state index in [0.717, 1.165) is 33.8 Å². The molecule has 4 aromatic rings. The van der Waals surface area contributed by atoms with Crippen LogP contribution in [0.15, 0.2) is 24.4 Å². The fraction of sp³-hybridized carbons (Fsp3) is 0.261. The first kappa shape index (κ1) is 20.5. The molecule has 0 fully saturated rings. The average Bonchev–Trinajstić information content (AvgIpc) is 3.25. The number of H-pyrrole nitrogens is 1. The van der Waals surface area contributed by atoms with Gasteiger partial charge in [-0.15, -0.1) is 0 Å². The molecule has 0 aliphatic rings. The molecule has 0 aliphatic carbocycles. The number of nitrogens with one attached hydrogen (secondary N) is 2. The standard InChI is InChI=1S/C23H26N6O2/c1-11-6-7-18(30)14(4)20(11)29-21(24)19(16-8-12(2)15(5)27-22(16)29)23(31)25-10-17-13(3)9-26-28-17/h6-9,30H,10,24H2,1-5H3,(H,25,31)(H,26,28).